The molecule has 0 aliphatic heterocycles. The van der Waals surface area contributed by atoms with Crippen molar-refractivity contribution in [3.8, 4) is 0 Å². The number of rotatable bonds is 8. The number of thioether (sulfide) groups is 1. The van der Waals surface area contributed by atoms with Crippen LogP contribution in [0.15, 0.2) is 35.3 Å². The van der Waals surface area contributed by atoms with Gasteiger partial charge in [-0.1, -0.05) is 37.3 Å². The average Bonchev–Trinajstić information content (AvgIpc) is 2.53. The van der Waals surface area contributed by atoms with E-state index in [1.165, 1.54) is 0 Å². The summed E-state index contributed by atoms with van der Waals surface area (Å²) in [5, 5.41) is 16.6. The molecule has 1 aromatic rings. The molecule has 2 atom stereocenters. The predicted octanol–water partition coefficient (Wildman–Crippen LogP) is 2.69. The van der Waals surface area contributed by atoms with Crippen molar-refractivity contribution in [2.45, 2.75) is 25.0 Å². The maximum absolute atomic E-state index is 9.57. The first kappa shape index (κ1) is 21.5. The number of benzene rings is 1. The molecule has 0 bridgehead atoms. The first-order valence-electron chi connectivity index (χ1n) is 7.42. The van der Waals surface area contributed by atoms with E-state index in [-0.39, 0.29) is 36.5 Å². The molecule has 0 spiro atoms. The number of hydrogen-bond donors (Lipinski definition) is 3. The van der Waals surface area contributed by atoms with Crippen LogP contribution in [0.25, 0.3) is 0 Å². The number of aliphatic hydroxyl groups is 1. The van der Waals surface area contributed by atoms with Crippen molar-refractivity contribution in [2.24, 2.45) is 4.99 Å². The second kappa shape index (κ2) is 13.0. The van der Waals surface area contributed by atoms with Gasteiger partial charge in [0.25, 0.3) is 0 Å². The summed E-state index contributed by atoms with van der Waals surface area (Å²) in [6.45, 7) is 6.62. The Balaban J connectivity index is 0.00000441. The van der Waals surface area contributed by atoms with Gasteiger partial charge in [-0.2, -0.15) is 11.8 Å². The zero-order valence-corrected chi connectivity index (χ0v) is 16.7. The van der Waals surface area contributed by atoms with Crippen molar-refractivity contribution in [3.05, 3.63) is 35.9 Å². The Morgan fingerprint density at radius 3 is 2.50 bits per heavy atom. The highest BCUT2D eigenvalue weighted by molar-refractivity contribution is 14.0. The molecule has 0 saturated carbocycles. The first-order valence-corrected chi connectivity index (χ1v) is 8.70. The van der Waals surface area contributed by atoms with Crippen LogP contribution in [0.1, 0.15) is 25.3 Å². The third-order valence-corrected chi connectivity index (χ3v) is 4.21. The summed E-state index contributed by atoms with van der Waals surface area (Å²) in [5.41, 5.74) is 1.14. The number of guanidine groups is 1. The van der Waals surface area contributed by atoms with Gasteiger partial charge in [0.1, 0.15) is 0 Å². The SMILES string of the molecule is CCNC(=NCC(C)SC)NCC(CO)c1ccccc1.I. The highest BCUT2D eigenvalue weighted by Crippen LogP contribution is 2.13. The smallest absolute Gasteiger partial charge is 0.191 e. The molecule has 22 heavy (non-hydrogen) atoms. The van der Waals surface area contributed by atoms with Crippen molar-refractivity contribution in [2.75, 3.05) is 32.5 Å². The van der Waals surface area contributed by atoms with Crippen molar-refractivity contribution in [1.29, 1.82) is 0 Å². The molecule has 126 valence electrons. The highest BCUT2D eigenvalue weighted by atomic mass is 127. The summed E-state index contributed by atoms with van der Waals surface area (Å²) in [6.07, 6.45) is 2.09. The standard InChI is InChI=1S/C16H27N3OS.HI/c1-4-17-16(18-10-13(2)21-3)19-11-15(12-20)14-8-6-5-7-9-14;/h5-9,13,15,20H,4,10-12H2,1-3H3,(H2,17,18,19);1H. The first-order chi connectivity index (χ1) is 10.2. The van der Waals surface area contributed by atoms with Crippen LogP contribution < -0.4 is 10.6 Å². The molecule has 0 fully saturated rings. The molecular weight excluding hydrogens is 409 g/mol. The van der Waals surface area contributed by atoms with E-state index in [0.29, 0.717) is 11.8 Å². The summed E-state index contributed by atoms with van der Waals surface area (Å²) in [5.74, 6) is 0.890. The summed E-state index contributed by atoms with van der Waals surface area (Å²) in [7, 11) is 0. The van der Waals surface area contributed by atoms with E-state index >= 15 is 0 Å². The Morgan fingerprint density at radius 2 is 1.95 bits per heavy atom. The number of aliphatic hydroxyl groups excluding tert-OH is 1. The van der Waals surface area contributed by atoms with Crippen LogP contribution in [-0.4, -0.2) is 48.8 Å². The molecule has 6 heteroatoms. The van der Waals surface area contributed by atoms with Gasteiger partial charge in [-0.15, -0.1) is 24.0 Å². The molecule has 0 aromatic heterocycles. The van der Waals surface area contributed by atoms with Crippen LogP contribution in [-0.2, 0) is 0 Å². The Morgan fingerprint density at radius 1 is 1.27 bits per heavy atom. The van der Waals surface area contributed by atoms with Crippen molar-refractivity contribution >= 4 is 41.7 Å². The maximum atomic E-state index is 9.57. The van der Waals surface area contributed by atoms with Crippen LogP contribution in [0.5, 0.6) is 0 Å². The minimum Gasteiger partial charge on any atom is -0.396 e. The average molecular weight is 437 g/mol. The van der Waals surface area contributed by atoms with Gasteiger partial charge in [-0.25, -0.2) is 0 Å². The fraction of sp³-hybridized carbons (Fsp3) is 0.562. The topological polar surface area (TPSA) is 56.7 Å². The second-order valence-corrected chi connectivity index (χ2v) is 6.21. The molecular formula is C16H28IN3OS. The van der Waals surface area contributed by atoms with E-state index in [2.05, 4.69) is 35.7 Å². The Hall–Kier alpha value is -0.470. The maximum Gasteiger partial charge on any atom is 0.191 e. The fourth-order valence-corrected chi connectivity index (χ4v) is 2.09. The Kier molecular flexibility index (Phi) is 12.7. The van der Waals surface area contributed by atoms with E-state index in [1.54, 1.807) is 0 Å². The van der Waals surface area contributed by atoms with Gasteiger partial charge in [0, 0.05) is 24.3 Å². The van der Waals surface area contributed by atoms with E-state index < -0.39 is 0 Å². The minimum atomic E-state index is 0. The molecule has 0 heterocycles. The van der Waals surface area contributed by atoms with Gasteiger partial charge in [0.2, 0.25) is 0 Å². The molecule has 0 aliphatic rings. The van der Waals surface area contributed by atoms with Crippen LogP contribution in [0.3, 0.4) is 0 Å². The molecule has 0 amide bonds. The quantitative estimate of drug-likeness (QED) is 0.333. The Labute approximate surface area is 155 Å². The number of hydrogen-bond acceptors (Lipinski definition) is 3. The molecule has 4 nitrogen and oxygen atoms in total. The molecule has 1 rings (SSSR count). The zero-order valence-electron chi connectivity index (χ0n) is 13.6. The van der Waals surface area contributed by atoms with E-state index in [0.717, 1.165) is 24.6 Å². The lowest BCUT2D eigenvalue weighted by Gasteiger charge is -2.18. The molecule has 0 aliphatic carbocycles. The molecule has 0 radical (unpaired) electrons. The van der Waals surface area contributed by atoms with Gasteiger partial charge >= 0.3 is 0 Å². The van der Waals surface area contributed by atoms with Gasteiger partial charge < -0.3 is 15.7 Å². The van der Waals surface area contributed by atoms with E-state index in [1.807, 2.05) is 42.1 Å². The Bertz CT molecular complexity index is 417. The number of halogens is 1. The lowest BCUT2D eigenvalue weighted by atomic mass is 10.0. The molecule has 0 saturated heterocycles. The monoisotopic (exact) mass is 437 g/mol. The summed E-state index contributed by atoms with van der Waals surface area (Å²) >= 11 is 1.81. The third-order valence-electron chi connectivity index (χ3n) is 3.26. The fourth-order valence-electron chi connectivity index (χ4n) is 1.87. The van der Waals surface area contributed by atoms with Crippen molar-refractivity contribution in [1.82, 2.24) is 10.6 Å². The highest BCUT2D eigenvalue weighted by Gasteiger charge is 2.10. The number of nitrogens with zero attached hydrogens (tertiary/aromatic N) is 1. The van der Waals surface area contributed by atoms with Crippen LogP contribution in [0.2, 0.25) is 0 Å². The minimum absolute atomic E-state index is 0. The third kappa shape index (κ3) is 8.24. The van der Waals surface area contributed by atoms with Crippen LogP contribution in [0, 0.1) is 0 Å². The summed E-state index contributed by atoms with van der Waals surface area (Å²) in [4.78, 5) is 4.58. The lowest BCUT2D eigenvalue weighted by molar-refractivity contribution is 0.265. The molecule has 3 N–H and O–H groups in total. The van der Waals surface area contributed by atoms with Crippen molar-refractivity contribution < 1.29 is 5.11 Å². The second-order valence-electron chi connectivity index (χ2n) is 4.94. The summed E-state index contributed by atoms with van der Waals surface area (Å²) < 4.78 is 0. The number of aliphatic imine (C=N–C) groups is 1. The number of nitrogens with one attached hydrogen (secondary N) is 2. The van der Waals surface area contributed by atoms with Crippen LogP contribution in [0.4, 0.5) is 0 Å². The van der Waals surface area contributed by atoms with E-state index in [9.17, 15) is 5.11 Å². The molecule has 2 unspecified atom stereocenters. The van der Waals surface area contributed by atoms with Gasteiger partial charge in [-0.05, 0) is 18.7 Å². The zero-order chi connectivity index (χ0) is 15.5. The predicted molar refractivity (Wildman–Crippen MR) is 109 cm³/mol. The summed E-state index contributed by atoms with van der Waals surface area (Å²) in [6, 6.07) is 10.1. The van der Waals surface area contributed by atoms with E-state index in [4.69, 9.17) is 0 Å². The molecule has 1 aromatic carbocycles. The van der Waals surface area contributed by atoms with Crippen molar-refractivity contribution in [3.63, 3.8) is 0 Å². The normalized spacial score (nSPS) is 13.9. The largest absolute Gasteiger partial charge is 0.396 e. The van der Waals surface area contributed by atoms with Gasteiger partial charge in [0.05, 0.1) is 13.2 Å². The van der Waals surface area contributed by atoms with Gasteiger partial charge in [0.15, 0.2) is 5.96 Å². The lowest BCUT2D eigenvalue weighted by Crippen LogP contribution is -2.40. The van der Waals surface area contributed by atoms with Gasteiger partial charge in [-0.3, -0.25) is 4.99 Å². The van der Waals surface area contributed by atoms with Crippen LogP contribution >= 0.6 is 35.7 Å².